The van der Waals surface area contributed by atoms with E-state index in [1.54, 1.807) is 28.0 Å². The van der Waals surface area contributed by atoms with Crippen LogP contribution in [0.5, 0.6) is 0 Å². The summed E-state index contributed by atoms with van der Waals surface area (Å²) in [7, 11) is 0. The van der Waals surface area contributed by atoms with Gasteiger partial charge in [-0.15, -0.1) is 11.3 Å². The normalized spacial score (nSPS) is 19.7. The number of amides is 1. The van der Waals surface area contributed by atoms with Gasteiger partial charge >= 0.3 is 5.97 Å². The van der Waals surface area contributed by atoms with Gasteiger partial charge in [-0.05, 0) is 17.9 Å². The summed E-state index contributed by atoms with van der Waals surface area (Å²) < 4.78 is 0. The highest BCUT2D eigenvalue weighted by atomic mass is 32.2. The Bertz CT molecular complexity index is 450. The average molecular weight is 314 g/mol. The van der Waals surface area contributed by atoms with Crippen molar-refractivity contribution in [2.75, 3.05) is 31.1 Å². The number of carboxylic acid groups (broad SMARTS) is 1. The van der Waals surface area contributed by atoms with Crippen molar-refractivity contribution < 1.29 is 14.7 Å². The smallest absolute Gasteiger partial charge is 0.321 e. The fourth-order valence-corrected chi connectivity index (χ4v) is 3.89. The van der Waals surface area contributed by atoms with E-state index in [1.165, 1.54) is 4.88 Å². The molecule has 1 saturated heterocycles. The monoisotopic (exact) mass is 314 g/mol. The Morgan fingerprint density at radius 1 is 1.50 bits per heavy atom. The topological polar surface area (TPSA) is 69.6 Å². The standard InChI is InChI=1S/C13H18N2O3S2/c16-12(14-4-3-10-2-1-6-20-10)8-15-5-7-19-9-11(15)13(17)18/h1-2,6,11H,3-5,7-9H2,(H,14,16)(H,17,18). The minimum Gasteiger partial charge on any atom is -0.480 e. The summed E-state index contributed by atoms with van der Waals surface area (Å²) in [5.41, 5.74) is 0. The molecule has 1 atom stereocenters. The van der Waals surface area contributed by atoms with Gasteiger partial charge in [0.1, 0.15) is 6.04 Å². The van der Waals surface area contributed by atoms with Crippen LogP contribution in [-0.4, -0.2) is 59.1 Å². The van der Waals surface area contributed by atoms with Crippen LogP contribution in [0.2, 0.25) is 0 Å². The van der Waals surface area contributed by atoms with E-state index in [2.05, 4.69) is 5.32 Å². The number of carboxylic acids is 1. The molecule has 1 amide bonds. The zero-order valence-electron chi connectivity index (χ0n) is 11.1. The van der Waals surface area contributed by atoms with E-state index in [0.29, 0.717) is 18.8 Å². The Morgan fingerprint density at radius 2 is 2.35 bits per heavy atom. The first-order valence-electron chi connectivity index (χ1n) is 6.50. The molecule has 0 aliphatic carbocycles. The van der Waals surface area contributed by atoms with Crippen molar-refractivity contribution in [3.63, 3.8) is 0 Å². The molecule has 1 aromatic rings. The number of nitrogens with one attached hydrogen (secondary N) is 1. The van der Waals surface area contributed by atoms with Crippen LogP contribution in [0.15, 0.2) is 17.5 Å². The van der Waals surface area contributed by atoms with E-state index in [4.69, 9.17) is 5.11 Å². The van der Waals surface area contributed by atoms with Crippen molar-refractivity contribution >= 4 is 35.0 Å². The summed E-state index contributed by atoms with van der Waals surface area (Å²) in [5, 5.41) is 14.0. The maximum atomic E-state index is 11.9. The van der Waals surface area contributed by atoms with Crippen LogP contribution in [0.4, 0.5) is 0 Å². The van der Waals surface area contributed by atoms with Gasteiger partial charge in [-0.2, -0.15) is 11.8 Å². The van der Waals surface area contributed by atoms with Gasteiger partial charge in [-0.1, -0.05) is 6.07 Å². The number of nitrogens with zero attached hydrogens (tertiary/aromatic N) is 1. The van der Waals surface area contributed by atoms with Crippen molar-refractivity contribution in [1.29, 1.82) is 0 Å². The summed E-state index contributed by atoms with van der Waals surface area (Å²) in [6.07, 6.45) is 0.821. The molecule has 7 heteroatoms. The molecule has 1 aromatic heterocycles. The zero-order chi connectivity index (χ0) is 14.4. The third-order valence-electron chi connectivity index (χ3n) is 3.14. The van der Waals surface area contributed by atoms with Gasteiger partial charge in [-0.3, -0.25) is 14.5 Å². The third-order valence-corrected chi connectivity index (χ3v) is 5.10. The highest BCUT2D eigenvalue weighted by Gasteiger charge is 2.29. The van der Waals surface area contributed by atoms with Crippen LogP contribution in [-0.2, 0) is 16.0 Å². The van der Waals surface area contributed by atoms with Crippen molar-refractivity contribution in [1.82, 2.24) is 10.2 Å². The number of hydrogen-bond acceptors (Lipinski definition) is 5. The Balaban J connectivity index is 1.73. The quantitative estimate of drug-likeness (QED) is 0.817. The highest BCUT2D eigenvalue weighted by molar-refractivity contribution is 7.99. The average Bonchev–Trinajstić information content (AvgIpc) is 2.92. The van der Waals surface area contributed by atoms with E-state index < -0.39 is 12.0 Å². The van der Waals surface area contributed by atoms with Crippen LogP contribution >= 0.6 is 23.1 Å². The van der Waals surface area contributed by atoms with E-state index in [1.807, 2.05) is 17.5 Å². The Hall–Kier alpha value is -1.05. The lowest BCUT2D eigenvalue weighted by molar-refractivity contribution is -0.143. The van der Waals surface area contributed by atoms with Crippen LogP contribution in [0.25, 0.3) is 0 Å². The maximum Gasteiger partial charge on any atom is 0.321 e. The Labute approximate surface area is 126 Å². The number of carbonyl (C=O) groups is 2. The SMILES string of the molecule is O=C(CN1CCSCC1C(=O)O)NCCc1cccs1. The van der Waals surface area contributed by atoms with Crippen LogP contribution in [0, 0.1) is 0 Å². The van der Waals surface area contributed by atoms with Gasteiger partial charge in [0.2, 0.25) is 5.91 Å². The Kier molecular flexibility index (Phi) is 5.87. The first kappa shape index (κ1) is 15.3. The van der Waals surface area contributed by atoms with Crippen molar-refractivity contribution in [3.8, 4) is 0 Å². The molecule has 0 spiro atoms. The summed E-state index contributed by atoms with van der Waals surface area (Å²) in [6.45, 7) is 1.42. The second-order valence-corrected chi connectivity index (χ2v) is 6.76. The van der Waals surface area contributed by atoms with E-state index in [0.717, 1.165) is 12.2 Å². The fraction of sp³-hybridized carbons (Fsp3) is 0.538. The van der Waals surface area contributed by atoms with Gasteiger partial charge in [0.15, 0.2) is 0 Å². The zero-order valence-corrected chi connectivity index (χ0v) is 12.7. The molecular formula is C13H18N2O3S2. The van der Waals surface area contributed by atoms with Crippen LogP contribution in [0.1, 0.15) is 4.88 Å². The highest BCUT2D eigenvalue weighted by Crippen LogP contribution is 2.16. The molecule has 0 aromatic carbocycles. The minimum absolute atomic E-state index is 0.0975. The summed E-state index contributed by atoms with van der Waals surface area (Å²) in [4.78, 5) is 26.0. The number of aliphatic carboxylic acids is 1. The lowest BCUT2D eigenvalue weighted by Crippen LogP contribution is -2.51. The molecule has 0 bridgehead atoms. The molecule has 20 heavy (non-hydrogen) atoms. The van der Waals surface area contributed by atoms with Crippen LogP contribution in [0.3, 0.4) is 0 Å². The second kappa shape index (κ2) is 7.66. The van der Waals surface area contributed by atoms with Crippen molar-refractivity contribution in [3.05, 3.63) is 22.4 Å². The molecule has 2 heterocycles. The van der Waals surface area contributed by atoms with E-state index >= 15 is 0 Å². The van der Waals surface area contributed by atoms with Gasteiger partial charge < -0.3 is 10.4 Å². The number of rotatable bonds is 6. The number of thiophene rings is 1. The number of hydrogen-bond donors (Lipinski definition) is 2. The molecule has 2 rings (SSSR count). The molecule has 1 fully saturated rings. The summed E-state index contributed by atoms with van der Waals surface area (Å²) in [6, 6.07) is 3.49. The number of carbonyl (C=O) groups excluding carboxylic acids is 1. The van der Waals surface area contributed by atoms with E-state index in [-0.39, 0.29) is 12.5 Å². The molecule has 0 saturated carbocycles. The van der Waals surface area contributed by atoms with Crippen molar-refractivity contribution in [2.45, 2.75) is 12.5 Å². The third kappa shape index (κ3) is 4.50. The molecule has 0 radical (unpaired) electrons. The fourth-order valence-electron chi connectivity index (χ4n) is 2.08. The summed E-state index contributed by atoms with van der Waals surface area (Å²) >= 11 is 3.30. The molecule has 5 nitrogen and oxygen atoms in total. The molecular weight excluding hydrogens is 296 g/mol. The predicted molar refractivity (Wildman–Crippen MR) is 81.4 cm³/mol. The first-order valence-corrected chi connectivity index (χ1v) is 8.54. The lowest BCUT2D eigenvalue weighted by Gasteiger charge is -2.31. The lowest BCUT2D eigenvalue weighted by atomic mass is 10.2. The van der Waals surface area contributed by atoms with Crippen LogP contribution < -0.4 is 5.32 Å². The Morgan fingerprint density at radius 3 is 3.05 bits per heavy atom. The van der Waals surface area contributed by atoms with Crippen molar-refractivity contribution in [2.24, 2.45) is 0 Å². The van der Waals surface area contributed by atoms with E-state index in [9.17, 15) is 9.59 Å². The van der Waals surface area contributed by atoms with Gasteiger partial charge in [-0.25, -0.2) is 0 Å². The molecule has 1 aliphatic rings. The largest absolute Gasteiger partial charge is 0.480 e. The molecule has 1 aliphatic heterocycles. The number of thioether (sulfide) groups is 1. The molecule has 1 unspecified atom stereocenters. The summed E-state index contributed by atoms with van der Waals surface area (Å²) in [5.74, 6) is 0.493. The first-order chi connectivity index (χ1) is 9.66. The predicted octanol–water partition coefficient (Wildman–Crippen LogP) is 0.909. The molecule has 2 N–H and O–H groups in total. The minimum atomic E-state index is -0.844. The van der Waals surface area contributed by atoms with Gasteiger partial charge in [0.05, 0.1) is 6.54 Å². The van der Waals surface area contributed by atoms with Gasteiger partial charge in [0, 0.05) is 29.5 Å². The molecule has 110 valence electrons. The maximum absolute atomic E-state index is 11.9. The second-order valence-electron chi connectivity index (χ2n) is 4.58. The van der Waals surface area contributed by atoms with Gasteiger partial charge in [0.25, 0.3) is 0 Å².